The minimum Gasteiger partial charge on any atom is -0.305 e. The third-order valence-electron chi connectivity index (χ3n) is 3.62. The lowest BCUT2D eigenvalue weighted by molar-refractivity contribution is 0.435. The molecule has 2 rings (SSSR count). The van der Waals surface area contributed by atoms with E-state index in [1.165, 1.54) is 44.1 Å². The monoisotopic (exact) mass is 244 g/mol. The summed E-state index contributed by atoms with van der Waals surface area (Å²) in [5, 5.41) is 0. The summed E-state index contributed by atoms with van der Waals surface area (Å²) in [6, 6.07) is 4.32. The number of nitrogens with zero attached hydrogens (tertiary/aromatic N) is 2. The van der Waals surface area contributed by atoms with Crippen molar-refractivity contribution >= 4 is 5.57 Å². The molecule has 2 nitrogen and oxygen atoms in total. The van der Waals surface area contributed by atoms with Crippen molar-refractivity contribution in [3.05, 3.63) is 35.7 Å². The van der Waals surface area contributed by atoms with Crippen LogP contribution in [0.4, 0.5) is 0 Å². The van der Waals surface area contributed by atoms with Gasteiger partial charge in [-0.25, -0.2) is 0 Å². The molecule has 1 heterocycles. The highest BCUT2D eigenvalue weighted by molar-refractivity contribution is 5.68. The van der Waals surface area contributed by atoms with Crippen LogP contribution in [0.25, 0.3) is 5.57 Å². The molecular formula is C16H24N2. The Labute approximate surface area is 111 Å². The van der Waals surface area contributed by atoms with Crippen LogP contribution < -0.4 is 0 Å². The van der Waals surface area contributed by atoms with Crippen LogP contribution in [0.5, 0.6) is 0 Å². The van der Waals surface area contributed by atoms with Gasteiger partial charge in [0.1, 0.15) is 0 Å². The van der Waals surface area contributed by atoms with Gasteiger partial charge in [-0.1, -0.05) is 18.4 Å². The maximum Gasteiger partial charge on any atom is 0.0273 e. The van der Waals surface area contributed by atoms with Gasteiger partial charge in [-0.15, -0.1) is 0 Å². The maximum absolute atomic E-state index is 4.14. The maximum atomic E-state index is 4.14. The molecule has 0 atom stereocenters. The first-order valence-electron chi connectivity index (χ1n) is 7.03. The van der Waals surface area contributed by atoms with Gasteiger partial charge in [0, 0.05) is 18.9 Å². The van der Waals surface area contributed by atoms with E-state index in [9.17, 15) is 0 Å². The van der Waals surface area contributed by atoms with E-state index in [0.29, 0.717) is 0 Å². The first kappa shape index (κ1) is 13.3. The van der Waals surface area contributed by atoms with Gasteiger partial charge >= 0.3 is 0 Å². The minimum absolute atomic E-state index is 1.09. The summed E-state index contributed by atoms with van der Waals surface area (Å²) in [4.78, 5) is 6.42. The molecule has 18 heavy (non-hydrogen) atoms. The normalized spacial score (nSPS) is 21.7. The largest absolute Gasteiger partial charge is 0.305 e. The average molecular weight is 244 g/mol. The van der Waals surface area contributed by atoms with E-state index in [1.54, 1.807) is 11.1 Å². The molecule has 0 unspecified atom stereocenters. The molecule has 0 aromatic carbocycles. The van der Waals surface area contributed by atoms with Crippen molar-refractivity contribution in [3.63, 3.8) is 0 Å². The Morgan fingerprint density at radius 2 is 1.67 bits per heavy atom. The number of hydrogen-bond donors (Lipinski definition) is 0. The number of hydrogen-bond acceptors (Lipinski definition) is 2. The summed E-state index contributed by atoms with van der Waals surface area (Å²) in [7, 11) is 4.33. The fourth-order valence-corrected chi connectivity index (χ4v) is 2.78. The molecule has 1 aromatic rings. The molecule has 98 valence electrons. The van der Waals surface area contributed by atoms with Gasteiger partial charge in [0.25, 0.3) is 0 Å². The first-order chi connectivity index (χ1) is 8.77. The summed E-state index contributed by atoms with van der Waals surface area (Å²) in [5.41, 5.74) is 4.58. The molecule has 0 amide bonds. The summed E-state index contributed by atoms with van der Waals surface area (Å²) in [5.74, 6) is 0. The van der Waals surface area contributed by atoms with E-state index in [0.717, 1.165) is 6.54 Å². The quantitative estimate of drug-likeness (QED) is 0.805. The molecular weight excluding hydrogens is 220 g/mol. The second-order valence-corrected chi connectivity index (χ2v) is 5.47. The van der Waals surface area contributed by atoms with E-state index in [2.05, 4.69) is 36.1 Å². The lowest BCUT2D eigenvalue weighted by Gasteiger charge is -2.21. The third-order valence-corrected chi connectivity index (χ3v) is 3.62. The Morgan fingerprint density at radius 1 is 1.00 bits per heavy atom. The highest BCUT2D eigenvalue weighted by Crippen LogP contribution is 2.30. The zero-order valence-corrected chi connectivity index (χ0v) is 11.7. The molecule has 1 aliphatic rings. The Kier molecular flexibility index (Phi) is 4.94. The number of likely N-dealkylation sites (N-methyl/N-ethyl adjacent to an activating group) is 1. The van der Waals surface area contributed by atoms with Crippen LogP contribution >= 0.6 is 0 Å². The van der Waals surface area contributed by atoms with Crippen LogP contribution in [0.2, 0.25) is 0 Å². The highest BCUT2D eigenvalue weighted by atomic mass is 15.0. The van der Waals surface area contributed by atoms with Crippen molar-refractivity contribution in [2.45, 2.75) is 38.5 Å². The van der Waals surface area contributed by atoms with Gasteiger partial charge < -0.3 is 4.90 Å². The molecule has 2 heteroatoms. The second-order valence-electron chi connectivity index (χ2n) is 5.47. The zero-order chi connectivity index (χ0) is 12.8. The number of pyridine rings is 1. The second kappa shape index (κ2) is 6.69. The van der Waals surface area contributed by atoms with E-state index in [-0.39, 0.29) is 0 Å². The predicted octanol–water partition coefficient (Wildman–Crippen LogP) is 3.75. The van der Waals surface area contributed by atoms with Crippen molar-refractivity contribution in [3.8, 4) is 0 Å². The molecule has 0 N–H and O–H groups in total. The predicted molar refractivity (Wildman–Crippen MR) is 77.4 cm³/mol. The molecule has 0 saturated heterocycles. The summed E-state index contributed by atoms with van der Waals surface area (Å²) >= 11 is 0. The van der Waals surface area contributed by atoms with Crippen molar-refractivity contribution in [1.29, 1.82) is 0 Å². The Morgan fingerprint density at radius 3 is 2.33 bits per heavy atom. The molecule has 0 bridgehead atoms. The van der Waals surface area contributed by atoms with Gasteiger partial charge in [0.15, 0.2) is 0 Å². The lowest BCUT2D eigenvalue weighted by atomic mass is 9.89. The summed E-state index contributed by atoms with van der Waals surface area (Å²) in [6.07, 6.45) is 11.8. The molecule has 0 saturated carbocycles. The van der Waals surface area contributed by atoms with Gasteiger partial charge in [-0.3, -0.25) is 4.98 Å². The standard InChI is InChI=1S/C16H24N2/c1-18(2)13-15-7-5-3-4-6-8-16(15)14-9-11-17-12-10-14/h9-12H,3-8,13H2,1-2H3/b16-15-. The van der Waals surface area contributed by atoms with Crippen molar-refractivity contribution in [1.82, 2.24) is 9.88 Å². The van der Waals surface area contributed by atoms with Gasteiger partial charge in [0.05, 0.1) is 0 Å². The summed E-state index contributed by atoms with van der Waals surface area (Å²) in [6.45, 7) is 1.09. The molecule has 1 aliphatic carbocycles. The van der Waals surface area contributed by atoms with E-state index >= 15 is 0 Å². The third kappa shape index (κ3) is 3.67. The van der Waals surface area contributed by atoms with Gasteiger partial charge in [0.2, 0.25) is 0 Å². The molecule has 0 radical (unpaired) electrons. The van der Waals surface area contributed by atoms with Crippen LogP contribution in [-0.2, 0) is 0 Å². The van der Waals surface area contributed by atoms with Crippen LogP contribution in [0.15, 0.2) is 30.1 Å². The number of aromatic nitrogens is 1. The van der Waals surface area contributed by atoms with Crippen LogP contribution in [0.1, 0.15) is 44.1 Å². The smallest absolute Gasteiger partial charge is 0.0273 e. The highest BCUT2D eigenvalue weighted by Gasteiger charge is 2.12. The van der Waals surface area contributed by atoms with Crippen molar-refractivity contribution < 1.29 is 0 Å². The van der Waals surface area contributed by atoms with Crippen LogP contribution in [0, 0.1) is 0 Å². The zero-order valence-electron chi connectivity index (χ0n) is 11.7. The van der Waals surface area contributed by atoms with Gasteiger partial charge in [-0.2, -0.15) is 0 Å². The number of rotatable bonds is 3. The minimum atomic E-state index is 1.09. The van der Waals surface area contributed by atoms with E-state index < -0.39 is 0 Å². The molecule has 1 aromatic heterocycles. The first-order valence-corrected chi connectivity index (χ1v) is 7.03. The van der Waals surface area contributed by atoms with Crippen molar-refractivity contribution in [2.24, 2.45) is 0 Å². The van der Waals surface area contributed by atoms with Crippen molar-refractivity contribution in [2.75, 3.05) is 20.6 Å². The molecule has 0 aliphatic heterocycles. The Balaban J connectivity index is 2.31. The summed E-state index contributed by atoms with van der Waals surface area (Å²) < 4.78 is 0. The number of allylic oxidation sites excluding steroid dienone is 1. The topological polar surface area (TPSA) is 16.1 Å². The Hall–Kier alpha value is -1.15. The van der Waals surface area contributed by atoms with Crippen LogP contribution in [-0.4, -0.2) is 30.5 Å². The SMILES string of the molecule is CN(C)C/C1=C(\c2ccncc2)CCCCCC1. The fraction of sp³-hybridized carbons (Fsp3) is 0.562. The molecule has 0 spiro atoms. The lowest BCUT2D eigenvalue weighted by Crippen LogP contribution is -2.17. The molecule has 0 fully saturated rings. The van der Waals surface area contributed by atoms with Gasteiger partial charge in [-0.05, 0) is 63.0 Å². The average Bonchev–Trinajstić information content (AvgIpc) is 2.34. The van der Waals surface area contributed by atoms with Crippen LogP contribution in [0.3, 0.4) is 0 Å². The van der Waals surface area contributed by atoms with E-state index in [4.69, 9.17) is 0 Å². The fourth-order valence-electron chi connectivity index (χ4n) is 2.78. The Bertz CT molecular complexity index is 393. The van der Waals surface area contributed by atoms with E-state index in [1.807, 2.05) is 12.4 Å².